The molecule has 0 aliphatic heterocycles. The summed E-state index contributed by atoms with van der Waals surface area (Å²) >= 11 is 1.60. The molecule has 6 heteroatoms. The first-order chi connectivity index (χ1) is 13.2. The smallest absolute Gasteiger partial charge is 0.242 e. The van der Waals surface area contributed by atoms with E-state index in [0.29, 0.717) is 13.1 Å². The fourth-order valence-corrected chi connectivity index (χ4v) is 3.78. The zero-order chi connectivity index (χ0) is 20.3. The number of halogens is 1. The minimum Gasteiger partial charge on any atom is -0.332 e. The predicted octanol–water partition coefficient (Wildman–Crippen LogP) is 4.45. The lowest BCUT2D eigenvalue weighted by Crippen LogP contribution is -2.47. The van der Waals surface area contributed by atoms with Crippen LogP contribution in [0.3, 0.4) is 0 Å². The van der Waals surface area contributed by atoms with Gasteiger partial charge in [0.1, 0.15) is 12.4 Å². The van der Waals surface area contributed by atoms with Gasteiger partial charge in [0.2, 0.25) is 11.8 Å². The summed E-state index contributed by atoms with van der Waals surface area (Å²) in [5, 5.41) is 1.98. The third-order valence-electron chi connectivity index (χ3n) is 4.76. The zero-order valence-electron chi connectivity index (χ0n) is 16.7. The van der Waals surface area contributed by atoms with Crippen LogP contribution >= 0.6 is 11.3 Å². The second kappa shape index (κ2) is 8.43. The Morgan fingerprint density at radius 2 is 1.79 bits per heavy atom. The number of rotatable bonds is 7. The van der Waals surface area contributed by atoms with Crippen molar-refractivity contribution < 1.29 is 14.0 Å². The maximum atomic E-state index is 13.2. The average Bonchev–Trinajstić information content (AvgIpc) is 3.35. The molecule has 3 rings (SSSR count). The van der Waals surface area contributed by atoms with Crippen LogP contribution in [0.25, 0.3) is 0 Å². The van der Waals surface area contributed by atoms with E-state index in [1.54, 1.807) is 33.3 Å². The lowest BCUT2D eigenvalue weighted by molar-refractivity contribution is -0.146. The monoisotopic (exact) mass is 402 g/mol. The lowest BCUT2D eigenvalue weighted by atomic mass is 9.94. The van der Waals surface area contributed by atoms with E-state index in [9.17, 15) is 14.0 Å². The number of carbonyl (C=O) groups is 2. The summed E-state index contributed by atoms with van der Waals surface area (Å²) < 4.78 is 13.2. The Morgan fingerprint density at radius 3 is 2.32 bits per heavy atom. The summed E-state index contributed by atoms with van der Waals surface area (Å²) in [6.45, 7) is 6.62. The van der Waals surface area contributed by atoms with E-state index in [1.165, 1.54) is 12.1 Å². The maximum Gasteiger partial charge on any atom is 0.242 e. The standard InChI is InChI=1S/C22H27FN2O2S/c1-22(2,3)21(27)25(18-10-11-18)15-20(26)24(14-19-5-4-12-28-19)13-16-6-8-17(23)9-7-16/h4-9,12,18H,10-11,13-15H2,1-3H3. The Labute approximate surface area is 170 Å². The van der Waals surface area contributed by atoms with Crippen LogP contribution in [0, 0.1) is 11.2 Å². The molecule has 0 unspecified atom stereocenters. The third kappa shape index (κ3) is 5.41. The molecule has 28 heavy (non-hydrogen) atoms. The van der Waals surface area contributed by atoms with Crippen LogP contribution < -0.4 is 0 Å². The average molecular weight is 403 g/mol. The van der Waals surface area contributed by atoms with E-state index in [2.05, 4.69) is 0 Å². The Balaban J connectivity index is 1.76. The summed E-state index contributed by atoms with van der Waals surface area (Å²) in [4.78, 5) is 30.6. The van der Waals surface area contributed by atoms with Crippen molar-refractivity contribution in [3.8, 4) is 0 Å². The van der Waals surface area contributed by atoms with Gasteiger partial charge in [0, 0.05) is 22.9 Å². The van der Waals surface area contributed by atoms with Crippen molar-refractivity contribution >= 4 is 23.2 Å². The molecular weight excluding hydrogens is 375 g/mol. The summed E-state index contributed by atoms with van der Waals surface area (Å²) in [6, 6.07) is 10.3. The van der Waals surface area contributed by atoms with Crippen molar-refractivity contribution in [3.63, 3.8) is 0 Å². The fraction of sp³-hybridized carbons (Fsp3) is 0.455. The molecule has 4 nitrogen and oxygen atoms in total. The van der Waals surface area contributed by atoms with Gasteiger partial charge in [0.05, 0.1) is 6.54 Å². The molecule has 0 bridgehead atoms. The Kier molecular flexibility index (Phi) is 6.18. The molecule has 2 aromatic rings. The van der Waals surface area contributed by atoms with Gasteiger partial charge in [-0.25, -0.2) is 4.39 Å². The maximum absolute atomic E-state index is 13.2. The second-order valence-corrected chi connectivity index (χ2v) is 9.40. The van der Waals surface area contributed by atoms with Crippen LogP contribution in [0.4, 0.5) is 4.39 Å². The molecule has 1 aromatic heterocycles. The highest BCUT2D eigenvalue weighted by Gasteiger charge is 2.39. The molecule has 0 atom stereocenters. The van der Waals surface area contributed by atoms with Gasteiger partial charge in [-0.2, -0.15) is 0 Å². The van der Waals surface area contributed by atoms with Gasteiger partial charge in [0.25, 0.3) is 0 Å². The van der Waals surface area contributed by atoms with Crippen LogP contribution in [0.15, 0.2) is 41.8 Å². The first-order valence-electron chi connectivity index (χ1n) is 9.60. The van der Waals surface area contributed by atoms with Crippen molar-refractivity contribution in [3.05, 3.63) is 58.0 Å². The van der Waals surface area contributed by atoms with Gasteiger partial charge >= 0.3 is 0 Å². The van der Waals surface area contributed by atoms with Crippen molar-refractivity contribution in [2.45, 2.75) is 52.7 Å². The van der Waals surface area contributed by atoms with Gasteiger partial charge in [-0.15, -0.1) is 11.3 Å². The Bertz CT molecular complexity index is 808. The SMILES string of the molecule is CC(C)(C)C(=O)N(CC(=O)N(Cc1ccc(F)cc1)Cc1cccs1)C1CC1. The molecule has 0 N–H and O–H groups in total. The minimum atomic E-state index is -0.515. The Hall–Kier alpha value is -2.21. The molecule has 150 valence electrons. The molecule has 2 amide bonds. The van der Waals surface area contributed by atoms with Crippen molar-refractivity contribution in [1.29, 1.82) is 0 Å². The van der Waals surface area contributed by atoms with Gasteiger partial charge in [0.15, 0.2) is 0 Å². The summed E-state index contributed by atoms with van der Waals surface area (Å²) in [6.07, 6.45) is 1.91. The van der Waals surface area contributed by atoms with Crippen molar-refractivity contribution in [2.75, 3.05) is 6.54 Å². The fourth-order valence-electron chi connectivity index (χ4n) is 3.06. The van der Waals surface area contributed by atoms with Crippen LogP contribution in [-0.4, -0.2) is 34.2 Å². The van der Waals surface area contributed by atoms with E-state index >= 15 is 0 Å². The number of carbonyl (C=O) groups excluding carboxylic acids is 2. The summed E-state index contributed by atoms with van der Waals surface area (Å²) in [5.41, 5.74) is 0.352. The number of thiophene rings is 1. The number of benzene rings is 1. The molecule has 1 aliphatic carbocycles. The molecule has 1 aromatic carbocycles. The van der Waals surface area contributed by atoms with Crippen LogP contribution in [0.5, 0.6) is 0 Å². The van der Waals surface area contributed by atoms with Gasteiger partial charge < -0.3 is 9.80 Å². The van der Waals surface area contributed by atoms with Gasteiger partial charge in [-0.1, -0.05) is 39.0 Å². The molecule has 1 heterocycles. The molecule has 1 fully saturated rings. The van der Waals surface area contributed by atoms with E-state index in [-0.39, 0.29) is 30.2 Å². The lowest BCUT2D eigenvalue weighted by Gasteiger charge is -2.31. The summed E-state index contributed by atoms with van der Waals surface area (Å²) in [7, 11) is 0. The highest BCUT2D eigenvalue weighted by atomic mass is 32.1. The van der Waals surface area contributed by atoms with Crippen molar-refractivity contribution in [1.82, 2.24) is 9.80 Å². The molecule has 1 aliphatic rings. The number of nitrogens with zero attached hydrogens (tertiary/aromatic N) is 2. The highest BCUT2D eigenvalue weighted by molar-refractivity contribution is 7.09. The normalized spacial score (nSPS) is 14.0. The van der Waals surface area contributed by atoms with E-state index in [4.69, 9.17) is 0 Å². The highest BCUT2D eigenvalue weighted by Crippen LogP contribution is 2.31. The zero-order valence-corrected chi connectivity index (χ0v) is 17.5. The van der Waals surface area contributed by atoms with E-state index < -0.39 is 5.41 Å². The van der Waals surface area contributed by atoms with Crippen LogP contribution in [0.1, 0.15) is 44.1 Å². The molecule has 0 radical (unpaired) electrons. The third-order valence-corrected chi connectivity index (χ3v) is 5.62. The second-order valence-electron chi connectivity index (χ2n) is 8.37. The van der Waals surface area contributed by atoms with Crippen LogP contribution in [-0.2, 0) is 22.7 Å². The number of hydrogen-bond acceptors (Lipinski definition) is 3. The largest absolute Gasteiger partial charge is 0.332 e. The van der Waals surface area contributed by atoms with Gasteiger partial charge in [-0.3, -0.25) is 9.59 Å². The topological polar surface area (TPSA) is 40.6 Å². The first-order valence-corrected chi connectivity index (χ1v) is 10.5. The number of amides is 2. The number of hydrogen-bond donors (Lipinski definition) is 0. The van der Waals surface area contributed by atoms with Gasteiger partial charge in [-0.05, 0) is 42.0 Å². The molecule has 0 spiro atoms. The van der Waals surface area contributed by atoms with Crippen molar-refractivity contribution in [2.24, 2.45) is 5.41 Å². The first kappa shape index (κ1) is 20.5. The molecule has 1 saturated carbocycles. The minimum absolute atomic E-state index is 0.0150. The van der Waals surface area contributed by atoms with E-state index in [1.807, 2.05) is 38.3 Å². The van der Waals surface area contributed by atoms with E-state index in [0.717, 1.165) is 23.3 Å². The molecule has 0 saturated heterocycles. The predicted molar refractivity (Wildman–Crippen MR) is 109 cm³/mol. The molecular formula is C22H27FN2O2S. The quantitative estimate of drug-likeness (QED) is 0.686. The summed E-state index contributed by atoms with van der Waals surface area (Å²) in [5.74, 6) is -0.362. The van der Waals surface area contributed by atoms with Crippen LogP contribution in [0.2, 0.25) is 0 Å². The Morgan fingerprint density at radius 1 is 1.11 bits per heavy atom.